The number of likely N-dealkylation sites (N-methyl/N-ethyl adjacent to an activating group) is 1. The Labute approximate surface area is 197 Å². The molecule has 3 aromatic rings. The summed E-state index contributed by atoms with van der Waals surface area (Å²) in [5, 5.41) is 22.2. The first-order chi connectivity index (χ1) is 15.9. The Morgan fingerprint density at radius 1 is 1.06 bits per heavy atom. The lowest BCUT2D eigenvalue weighted by Gasteiger charge is -2.34. The number of carboxylic acids is 1. The van der Waals surface area contributed by atoms with E-state index >= 15 is 0 Å². The number of aliphatic imine (C=N–C) groups is 1. The van der Waals surface area contributed by atoms with Crippen LogP contribution in [0.5, 0.6) is 0 Å². The highest BCUT2D eigenvalue weighted by atomic mass is 32.1. The van der Waals surface area contributed by atoms with Crippen molar-refractivity contribution in [2.24, 2.45) is 4.99 Å². The predicted octanol–water partition coefficient (Wildman–Crippen LogP) is 4.24. The number of aliphatic hydroxyl groups excluding tert-OH is 1. The van der Waals surface area contributed by atoms with Gasteiger partial charge in [0.05, 0.1) is 16.9 Å². The number of piperazine rings is 1. The van der Waals surface area contributed by atoms with Crippen LogP contribution < -0.4 is 5.32 Å². The lowest BCUT2D eigenvalue weighted by Crippen LogP contribution is -2.47. The van der Waals surface area contributed by atoms with E-state index in [9.17, 15) is 4.79 Å². The molecule has 5 rings (SSSR count). The van der Waals surface area contributed by atoms with Crippen LogP contribution in [-0.4, -0.2) is 65.0 Å². The Bertz CT molecular complexity index is 1140. The fraction of sp³-hybridized carbons (Fsp3) is 0.280. The molecule has 2 aliphatic rings. The number of carbonyl (C=O) groups is 1. The van der Waals surface area contributed by atoms with Gasteiger partial charge in [0.25, 0.3) is 0 Å². The van der Waals surface area contributed by atoms with Gasteiger partial charge in [-0.05, 0) is 37.7 Å². The predicted molar refractivity (Wildman–Crippen MR) is 133 cm³/mol. The van der Waals surface area contributed by atoms with Crippen LogP contribution in [0.3, 0.4) is 0 Å². The highest BCUT2D eigenvalue weighted by Gasteiger charge is 2.25. The summed E-state index contributed by atoms with van der Waals surface area (Å²) in [6.45, 7) is 6.41. The van der Waals surface area contributed by atoms with Gasteiger partial charge >= 0.3 is 5.97 Å². The number of amidine groups is 1. The maximum atomic E-state index is 10.2. The largest absolute Gasteiger partial charge is 0.479 e. The molecular formula is C25H28N4O3S. The summed E-state index contributed by atoms with van der Waals surface area (Å²) in [7, 11) is 2.18. The number of para-hydroxylation sites is 2. The Morgan fingerprint density at radius 3 is 2.42 bits per heavy atom. The van der Waals surface area contributed by atoms with Crippen LogP contribution in [0.25, 0.3) is 0 Å². The average molecular weight is 465 g/mol. The normalized spacial score (nSPS) is 16.2. The molecule has 1 fully saturated rings. The van der Waals surface area contributed by atoms with Crippen LogP contribution >= 0.6 is 11.3 Å². The fourth-order valence-electron chi connectivity index (χ4n) is 3.78. The summed E-state index contributed by atoms with van der Waals surface area (Å²) in [5.41, 5.74) is 3.76. The van der Waals surface area contributed by atoms with Gasteiger partial charge in [-0.15, -0.1) is 11.3 Å². The van der Waals surface area contributed by atoms with Crippen molar-refractivity contribution in [2.45, 2.75) is 13.0 Å². The van der Waals surface area contributed by atoms with Gasteiger partial charge in [0, 0.05) is 31.1 Å². The lowest BCUT2D eigenvalue weighted by atomic mass is 10.1. The van der Waals surface area contributed by atoms with Crippen molar-refractivity contribution in [2.75, 3.05) is 38.5 Å². The van der Waals surface area contributed by atoms with Crippen LogP contribution in [0.15, 0.2) is 65.7 Å². The van der Waals surface area contributed by atoms with E-state index < -0.39 is 12.1 Å². The second-order valence-corrected chi connectivity index (χ2v) is 9.38. The molecule has 0 radical (unpaired) electrons. The quantitative estimate of drug-likeness (QED) is 0.526. The van der Waals surface area contributed by atoms with Gasteiger partial charge in [-0.2, -0.15) is 0 Å². The van der Waals surface area contributed by atoms with Crippen LogP contribution in [-0.2, 0) is 4.79 Å². The number of aliphatic carboxylic acids is 1. The molecule has 0 amide bonds. The summed E-state index contributed by atoms with van der Waals surface area (Å²) >= 11 is 1.81. The van der Waals surface area contributed by atoms with Gasteiger partial charge in [0.15, 0.2) is 6.10 Å². The van der Waals surface area contributed by atoms with E-state index in [1.54, 1.807) is 41.7 Å². The Balaban J connectivity index is 0.000000200. The first-order valence-corrected chi connectivity index (χ1v) is 11.7. The van der Waals surface area contributed by atoms with Crippen LogP contribution in [0.1, 0.15) is 22.1 Å². The lowest BCUT2D eigenvalue weighted by molar-refractivity contribution is -0.146. The molecule has 2 aliphatic heterocycles. The number of rotatable bonds is 2. The molecule has 172 valence electrons. The third kappa shape index (κ3) is 5.42. The molecule has 3 heterocycles. The molecule has 1 saturated heterocycles. The molecular weight excluding hydrogens is 436 g/mol. The van der Waals surface area contributed by atoms with E-state index in [0.717, 1.165) is 43.4 Å². The van der Waals surface area contributed by atoms with E-state index in [4.69, 9.17) is 15.2 Å². The van der Waals surface area contributed by atoms with Crippen LogP contribution in [0.2, 0.25) is 0 Å². The number of aliphatic hydroxyl groups is 1. The zero-order valence-corrected chi connectivity index (χ0v) is 19.5. The first-order valence-electron chi connectivity index (χ1n) is 10.9. The number of benzene rings is 2. The van der Waals surface area contributed by atoms with Crippen molar-refractivity contribution in [1.29, 1.82) is 0 Å². The minimum Gasteiger partial charge on any atom is -0.479 e. The molecule has 1 unspecified atom stereocenters. The third-order valence-corrected chi connectivity index (χ3v) is 6.59. The second-order valence-electron chi connectivity index (χ2n) is 8.12. The van der Waals surface area contributed by atoms with Crippen molar-refractivity contribution in [3.05, 3.63) is 76.7 Å². The standard InChI is InChI=1S/C17H20N4S.C8H8O3/c1-12-11-13-16(21-9-7-20(2)8-10-21)18-14-5-3-4-6-15(14)19-17(13)22-12;9-7(8(10)11)6-4-2-1-3-5-6/h3-6,11,19H,7-10H2,1-2H3;1-5,7,9H,(H,10,11). The summed E-state index contributed by atoms with van der Waals surface area (Å²) < 4.78 is 0. The van der Waals surface area contributed by atoms with Gasteiger partial charge in [-0.1, -0.05) is 42.5 Å². The summed E-state index contributed by atoms with van der Waals surface area (Å²) in [5.74, 6) is -0.110. The molecule has 3 N–H and O–H groups in total. The van der Waals surface area contributed by atoms with E-state index in [1.807, 2.05) is 0 Å². The number of nitrogens with zero attached hydrogens (tertiary/aromatic N) is 3. The average Bonchev–Trinajstić information content (AvgIpc) is 3.11. The smallest absolute Gasteiger partial charge is 0.337 e. The molecule has 7 nitrogen and oxygen atoms in total. The third-order valence-electron chi connectivity index (χ3n) is 5.63. The highest BCUT2D eigenvalue weighted by molar-refractivity contribution is 7.16. The molecule has 0 aliphatic carbocycles. The van der Waals surface area contributed by atoms with Crippen molar-refractivity contribution in [1.82, 2.24) is 9.80 Å². The van der Waals surface area contributed by atoms with E-state index in [2.05, 4.69) is 59.4 Å². The monoisotopic (exact) mass is 464 g/mol. The maximum absolute atomic E-state index is 10.2. The molecule has 2 aromatic carbocycles. The zero-order chi connectivity index (χ0) is 23.4. The molecule has 0 spiro atoms. The zero-order valence-electron chi connectivity index (χ0n) is 18.7. The molecule has 0 bridgehead atoms. The number of thiophene rings is 1. The Hall–Kier alpha value is -3.20. The van der Waals surface area contributed by atoms with Crippen molar-refractivity contribution in [3.63, 3.8) is 0 Å². The summed E-state index contributed by atoms with van der Waals surface area (Å²) in [6, 6.07) is 18.8. The minimum absolute atomic E-state index is 0.403. The van der Waals surface area contributed by atoms with Crippen molar-refractivity contribution < 1.29 is 15.0 Å². The van der Waals surface area contributed by atoms with Gasteiger partial charge < -0.3 is 25.3 Å². The van der Waals surface area contributed by atoms with E-state index in [-0.39, 0.29) is 0 Å². The number of nitrogens with one attached hydrogen (secondary N) is 1. The van der Waals surface area contributed by atoms with Crippen LogP contribution in [0.4, 0.5) is 16.4 Å². The van der Waals surface area contributed by atoms with E-state index in [0.29, 0.717) is 5.56 Å². The molecule has 8 heteroatoms. The number of anilines is 2. The maximum Gasteiger partial charge on any atom is 0.337 e. The number of aryl methyl sites for hydroxylation is 1. The van der Waals surface area contributed by atoms with Gasteiger partial charge in [-0.25, -0.2) is 9.79 Å². The molecule has 33 heavy (non-hydrogen) atoms. The summed E-state index contributed by atoms with van der Waals surface area (Å²) in [4.78, 5) is 21.4. The van der Waals surface area contributed by atoms with Gasteiger partial charge in [0.2, 0.25) is 0 Å². The van der Waals surface area contributed by atoms with Gasteiger partial charge in [0.1, 0.15) is 10.8 Å². The topological polar surface area (TPSA) is 88.4 Å². The van der Waals surface area contributed by atoms with Crippen molar-refractivity contribution in [3.8, 4) is 0 Å². The second kappa shape index (κ2) is 10.2. The van der Waals surface area contributed by atoms with E-state index in [1.165, 1.54) is 15.4 Å². The Morgan fingerprint density at radius 2 is 1.73 bits per heavy atom. The molecule has 1 aromatic heterocycles. The SMILES string of the molecule is Cc1cc2c(s1)Nc1ccccc1N=C2N1CCN(C)CC1.O=C(O)C(O)c1ccccc1. The minimum atomic E-state index is -1.41. The fourth-order valence-corrected chi connectivity index (χ4v) is 4.70. The number of hydrogen-bond acceptors (Lipinski definition) is 7. The van der Waals surface area contributed by atoms with Gasteiger partial charge in [-0.3, -0.25) is 0 Å². The summed E-state index contributed by atoms with van der Waals surface area (Å²) in [6.07, 6.45) is -1.41. The number of carboxylic acid groups (broad SMARTS) is 1. The van der Waals surface area contributed by atoms with Crippen molar-refractivity contribution >= 4 is 39.5 Å². The Kier molecular flexibility index (Phi) is 7.08. The first kappa shape index (κ1) is 23.0. The molecule has 1 atom stereocenters. The number of hydrogen-bond donors (Lipinski definition) is 3. The molecule has 0 saturated carbocycles. The highest BCUT2D eigenvalue weighted by Crippen LogP contribution is 2.39. The number of fused-ring (bicyclic) bond motifs is 2. The van der Waals surface area contributed by atoms with Crippen LogP contribution in [0, 0.1) is 6.92 Å².